The number of methoxy groups -OCH3 is 1. The number of anilines is 2. The molecule has 2 aromatic carbocycles. The van der Waals surface area contributed by atoms with Crippen molar-refractivity contribution in [3.05, 3.63) is 83.9 Å². The van der Waals surface area contributed by atoms with Crippen LogP contribution in [0.3, 0.4) is 0 Å². The number of nitrogens with one attached hydrogen (secondary N) is 1. The van der Waals surface area contributed by atoms with Gasteiger partial charge in [-0.25, -0.2) is 4.39 Å². The Hall–Kier alpha value is -3.61. The molecule has 0 saturated carbocycles. The Bertz CT molecular complexity index is 1120. The highest BCUT2D eigenvalue weighted by Crippen LogP contribution is 2.39. The average molecular weight is 447 g/mol. The maximum absolute atomic E-state index is 13.5. The van der Waals surface area contributed by atoms with Crippen molar-refractivity contribution >= 4 is 17.3 Å². The lowest BCUT2D eigenvalue weighted by Crippen LogP contribution is -2.61. The van der Waals surface area contributed by atoms with Crippen LogP contribution in [0.1, 0.15) is 11.1 Å². The summed E-state index contributed by atoms with van der Waals surface area (Å²) in [4.78, 5) is 22.0. The van der Waals surface area contributed by atoms with E-state index in [4.69, 9.17) is 4.74 Å². The van der Waals surface area contributed by atoms with Gasteiger partial charge in [0.15, 0.2) is 0 Å². The summed E-state index contributed by atoms with van der Waals surface area (Å²) in [6.07, 6.45) is 4.13. The third-order valence-electron chi connectivity index (χ3n) is 6.67. The van der Waals surface area contributed by atoms with Crippen molar-refractivity contribution in [1.82, 2.24) is 10.3 Å². The summed E-state index contributed by atoms with van der Waals surface area (Å²) in [7, 11) is 1.67. The molecule has 1 fully saturated rings. The summed E-state index contributed by atoms with van der Waals surface area (Å²) in [6.45, 7) is 2.73. The number of carbonyl (C=O) groups excluding carboxylic acids is 1. The molecule has 3 heterocycles. The number of aromatic nitrogens is 1. The van der Waals surface area contributed by atoms with Crippen LogP contribution in [0.2, 0.25) is 0 Å². The molecule has 1 N–H and O–H groups in total. The minimum Gasteiger partial charge on any atom is -0.497 e. The summed E-state index contributed by atoms with van der Waals surface area (Å²) in [6, 6.07) is 16.5. The quantitative estimate of drug-likeness (QED) is 0.651. The molecule has 0 spiro atoms. The maximum atomic E-state index is 13.5. The van der Waals surface area contributed by atoms with Crippen LogP contribution < -0.4 is 19.9 Å². The van der Waals surface area contributed by atoms with E-state index in [2.05, 4.69) is 32.2 Å². The van der Waals surface area contributed by atoms with Crippen LogP contribution in [-0.4, -0.2) is 43.7 Å². The van der Waals surface area contributed by atoms with Crippen LogP contribution in [0.15, 0.2) is 67.0 Å². The molecule has 3 aromatic rings. The van der Waals surface area contributed by atoms with Crippen molar-refractivity contribution in [2.24, 2.45) is 5.92 Å². The summed E-state index contributed by atoms with van der Waals surface area (Å²) < 4.78 is 18.9. The minimum absolute atomic E-state index is 0.000786. The van der Waals surface area contributed by atoms with Gasteiger partial charge < -0.3 is 19.9 Å². The van der Waals surface area contributed by atoms with Crippen molar-refractivity contribution in [3.63, 3.8) is 0 Å². The molecule has 0 bridgehead atoms. The fraction of sp³-hybridized carbons (Fsp3) is 0.308. The van der Waals surface area contributed by atoms with Gasteiger partial charge in [0.2, 0.25) is 5.91 Å². The second-order valence-corrected chi connectivity index (χ2v) is 8.56. The Morgan fingerprint density at radius 3 is 2.67 bits per heavy atom. The van der Waals surface area contributed by atoms with E-state index in [0.29, 0.717) is 19.5 Å². The minimum atomic E-state index is -0.246. The number of halogens is 1. The zero-order valence-corrected chi connectivity index (χ0v) is 18.6. The molecule has 0 radical (unpaired) electrons. The second-order valence-electron chi connectivity index (χ2n) is 8.56. The van der Waals surface area contributed by atoms with E-state index in [0.717, 1.165) is 41.3 Å². The number of piperazine rings is 1. The van der Waals surface area contributed by atoms with Gasteiger partial charge in [0.1, 0.15) is 11.6 Å². The maximum Gasteiger partial charge on any atom is 0.225 e. The first kappa shape index (κ1) is 21.2. The van der Waals surface area contributed by atoms with Crippen LogP contribution in [0.5, 0.6) is 5.75 Å². The number of carbonyl (C=O) groups is 1. The van der Waals surface area contributed by atoms with Crippen LogP contribution in [0, 0.1) is 11.7 Å². The van der Waals surface area contributed by atoms with E-state index in [1.54, 1.807) is 19.5 Å². The number of fused-ring (bicyclic) bond motifs is 3. The molecule has 0 aliphatic carbocycles. The predicted octanol–water partition coefficient (Wildman–Crippen LogP) is 3.41. The molecule has 7 heteroatoms. The summed E-state index contributed by atoms with van der Waals surface area (Å²) >= 11 is 0. The molecular formula is C26H27FN4O2. The SMILES string of the molecule is COc1ccc2c(c1)N1CCN(c3ccc(F)cc3)C[C@@H]1[C@H](C(=O)NCc1ccncc1)C2. The molecule has 170 valence electrons. The normalized spacial score (nSPS) is 19.5. The number of pyridine rings is 1. The fourth-order valence-electron chi connectivity index (χ4n) is 4.91. The van der Waals surface area contributed by atoms with Gasteiger partial charge in [0, 0.05) is 56.0 Å². The smallest absolute Gasteiger partial charge is 0.225 e. The largest absolute Gasteiger partial charge is 0.497 e. The first-order valence-corrected chi connectivity index (χ1v) is 11.2. The van der Waals surface area contributed by atoms with Crippen LogP contribution >= 0.6 is 0 Å². The molecule has 0 unspecified atom stereocenters. The molecule has 2 aliphatic rings. The standard InChI is InChI=1S/C26H27FN4O2/c1-33-22-7-2-19-14-23(26(32)29-16-18-8-10-28-11-9-18)25-17-30(12-13-31(25)24(19)15-22)21-5-3-20(27)4-6-21/h2-11,15,23,25H,12-14,16-17H2,1H3,(H,29,32)/t23-,25-/m1/s1. The molecule has 1 aromatic heterocycles. The van der Waals surface area contributed by atoms with E-state index in [1.807, 2.05) is 30.3 Å². The molecule has 1 saturated heterocycles. The molecule has 33 heavy (non-hydrogen) atoms. The predicted molar refractivity (Wildman–Crippen MR) is 126 cm³/mol. The highest BCUT2D eigenvalue weighted by molar-refractivity contribution is 5.82. The van der Waals surface area contributed by atoms with Gasteiger partial charge in [-0.3, -0.25) is 9.78 Å². The Labute approximate surface area is 193 Å². The van der Waals surface area contributed by atoms with Gasteiger partial charge in [-0.1, -0.05) is 6.07 Å². The van der Waals surface area contributed by atoms with Crippen molar-refractivity contribution in [2.75, 3.05) is 36.5 Å². The van der Waals surface area contributed by atoms with Crippen molar-refractivity contribution < 1.29 is 13.9 Å². The van der Waals surface area contributed by atoms with Crippen LogP contribution in [0.25, 0.3) is 0 Å². The van der Waals surface area contributed by atoms with Gasteiger partial charge in [0.05, 0.1) is 19.1 Å². The zero-order valence-electron chi connectivity index (χ0n) is 18.6. The number of rotatable bonds is 5. The topological polar surface area (TPSA) is 57.7 Å². The second kappa shape index (κ2) is 9.10. The summed E-state index contributed by atoms with van der Waals surface area (Å²) in [5.74, 6) is 0.415. The third-order valence-corrected chi connectivity index (χ3v) is 6.67. The number of amides is 1. The molecule has 2 atom stereocenters. The van der Waals surface area contributed by atoms with Gasteiger partial charge in [-0.15, -0.1) is 0 Å². The van der Waals surface area contributed by atoms with Gasteiger partial charge in [-0.2, -0.15) is 0 Å². The highest BCUT2D eigenvalue weighted by Gasteiger charge is 2.41. The Morgan fingerprint density at radius 1 is 1.12 bits per heavy atom. The Kier molecular flexibility index (Phi) is 5.86. The number of nitrogens with zero attached hydrogens (tertiary/aromatic N) is 3. The number of ether oxygens (including phenoxy) is 1. The number of hydrogen-bond acceptors (Lipinski definition) is 5. The third kappa shape index (κ3) is 4.35. The van der Waals surface area contributed by atoms with E-state index in [-0.39, 0.29) is 23.7 Å². The molecule has 5 rings (SSSR count). The van der Waals surface area contributed by atoms with Gasteiger partial charge in [0.25, 0.3) is 0 Å². The lowest BCUT2D eigenvalue weighted by Gasteiger charge is -2.49. The zero-order chi connectivity index (χ0) is 22.8. The van der Waals surface area contributed by atoms with Crippen molar-refractivity contribution in [1.29, 1.82) is 0 Å². The molecule has 2 aliphatic heterocycles. The lowest BCUT2D eigenvalue weighted by atomic mass is 9.83. The molecule has 6 nitrogen and oxygen atoms in total. The van der Waals surface area contributed by atoms with E-state index >= 15 is 0 Å². The van der Waals surface area contributed by atoms with E-state index in [9.17, 15) is 9.18 Å². The monoisotopic (exact) mass is 446 g/mol. The number of hydrogen-bond donors (Lipinski definition) is 1. The van der Waals surface area contributed by atoms with E-state index in [1.165, 1.54) is 12.1 Å². The fourth-order valence-corrected chi connectivity index (χ4v) is 4.91. The Morgan fingerprint density at radius 2 is 1.91 bits per heavy atom. The van der Waals surface area contributed by atoms with Gasteiger partial charge >= 0.3 is 0 Å². The van der Waals surface area contributed by atoms with E-state index < -0.39 is 0 Å². The first-order valence-electron chi connectivity index (χ1n) is 11.2. The summed E-state index contributed by atoms with van der Waals surface area (Å²) in [5.41, 5.74) is 4.29. The molecular weight excluding hydrogens is 419 g/mol. The Balaban J connectivity index is 1.42. The summed E-state index contributed by atoms with van der Waals surface area (Å²) in [5, 5.41) is 3.13. The van der Waals surface area contributed by atoms with Gasteiger partial charge in [-0.05, 0) is 60.0 Å². The first-order chi connectivity index (χ1) is 16.1. The highest BCUT2D eigenvalue weighted by atomic mass is 19.1. The van der Waals surface area contributed by atoms with Crippen molar-refractivity contribution in [2.45, 2.75) is 19.0 Å². The molecule has 1 amide bonds. The van der Waals surface area contributed by atoms with Crippen LogP contribution in [-0.2, 0) is 17.8 Å². The van der Waals surface area contributed by atoms with Crippen molar-refractivity contribution in [3.8, 4) is 5.75 Å². The lowest BCUT2D eigenvalue weighted by molar-refractivity contribution is -0.126. The number of benzene rings is 2. The van der Waals surface area contributed by atoms with Crippen LogP contribution in [0.4, 0.5) is 15.8 Å². The average Bonchev–Trinajstić information content (AvgIpc) is 2.87.